The molecule has 0 amide bonds. The molecule has 0 aliphatic carbocycles. The third kappa shape index (κ3) is 3.72. The van der Waals surface area contributed by atoms with Crippen molar-refractivity contribution in [1.29, 1.82) is 0 Å². The highest BCUT2D eigenvalue weighted by Crippen LogP contribution is 2.19. The summed E-state index contributed by atoms with van der Waals surface area (Å²) in [5.74, 6) is -1.21. The number of benzene rings is 2. The van der Waals surface area contributed by atoms with E-state index in [-0.39, 0.29) is 5.69 Å². The van der Waals surface area contributed by atoms with Gasteiger partial charge in [0.1, 0.15) is 12.7 Å². The highest BCUT2D eigenvalue weighted by molar-refractivity contribution is 6.00. The molecule has 0 N–H and O–H groups in total. The number of Topliss-reactive ketones (excluding diaryl/α,β-unsaturated/α-hetero) is 1. The first-order valence-corrected chi connectivity index (χ1v) is 9.18. The lowest BCUT2D eigenvalue weighted by molar-refractivity contribution is 0.00738. The number of carbonyl (C=O) groups excluding carboxylic acids is 2. The molecule has 0 aliphatic rings. The molecule has 0 spiro atoms. The van der Waals surface area contributed by atoms with E-state index in [1.165, 1.54) is 17.3 Å². The Morgan fingerprint density at radius 2 is 1.73 bits per heavy atom. The fraction of sp³-hybridized carbons (Fsp3) is 0.143. The minimum Gasteiger partial charge on any atom is -0.427 e. The van der Waals surface area contributed by atoms with Crippen molar-refractivity contribution >= 4 is 11.8 Å². The van der Waals surface area contributed by atoms with E-state index in [9.17, 15) is 9.59 Å². The van der Waals surface area contributed by atoms with E-state index in [1.54, 1.807) is 41.9 Å². The van der Waals surface area contributed by atoms with Crippen LogP contribution in [0.4, 0.5) is 0 Å². The number of hydrogen-bond acceptors (Lipinski definition) is 7. The third-order valence-electron chi connectivity index (χ3n) is 4.54. The fourth-order valence-corrected chi connectivity index (χ4v) is 2.92. The molecule has 150 valence electrons. The molecule has 0 fully saturated rings. The number of rotatable bonds is 6. The quantitative estimate of drug-likeness (QED) is 0.361. The lowest BCUT2D eigenvalue weighted by atomic mass is 10.1. The minimum absolute atomic E-state index is 0.0153. The van der Waals surface area contributed by atoms with Crippen LogP contribution >= 0.6 is 0 Å². The number of aryl methyl sites for hydroxylation is 1. The SMILES string of the molecule is Cc1ccc(-n2nnc(C(=O)OC(C(=O)c3ccccc3)n3cncn3)c2C)cc1. The van der Waals surface area contributed by atoms with Crippen LogP contribution < -0.4 is 0 Å². The molecule has 1 unspecified atom stereocenters. The zero-order chi connectivity index (χ0) is 21.1. The van der Waals surface area contributed by atoms with Crippen LogP contribution in [0.2, 0.25) is 0 Å². The molecule has 4 rings (SSSR count). The van der Waals surface area contributed by atoms with Crippen molar-refractivity contribution in [2.24, 2.45) is 0 Å². The molecule has 2 aromatic heterocycles. The molecular weight excluding hydrogens is 384 g/mol. The average Bonchev–Trinajstić information content (AvgIpc) is 3.43. The largest absolute Gasteiger partial charge is 0.427 e. The number of ether oxygens (including phenoxy) is 1. The van der Waals surface area contributed by atoms with Gasteiger partial charge in [0.15, 0.2) is 5.69 Å². The summed E-state index contributed by atoms with van der Waals surface area (Å²) < 4.78 is 8.23. The monoisotopic (exact) mass is 402 g/mol. The van der Waals surface area contributed by atoms with Gasteiger partial charge in [0.2, 0.25) is 5.78 Å². The van der Waals surface area contributed by atoms with Crippen LogP contribution in [0.15, 0.2) is 67.3 Å². The highest BCUT2D eigenvalue weighted by atomic mass is 16.6. The van der Waals surface area contributed by atoms with E-state index in [0.717, 1.165) is 11.3 Å². The predicted molar refractivity (Wildman–Crippen MR) is 106 cm³/mol. The van der Waals surface area contributed by atoms with Crippen LogP contribution in [-0.4, -0.2) is 41.5 Å². The molecule has 1 atom stereocenters. The number of aromatic nitrogens is 6. The second-order valence-electron chi connectivity index (χ2n) is 6.63. The number of carbonyl (C=O) groups is 2. The van der Waals surface area contributed by atoms with Gasteiger partial charge in [0.25, 0.3) is 6.23 Å². The fourth-order valence-electron chi connectivity index (χ4n) is 2.92. The number of ketones is 1. The molecule has 30 heavy (non-hydrogen) atoms. The molecule has 0 bridgehead atoms. The van der Waals surface area contributed by atoms with Gasteiger partial charge in [0, 0.05) is 5.56 Å². The molecule has 0 saturated carbocycles. The van der Waals surface area contributed by atoms with E-state index in [2.05, 4.69) is 20.4 Å². The summed E-state index contributed by atoms with van der Waals surface area (Å²) in [6.07, 6.45) is 1.26. The molecule has 2 heterocycles. The van der Waals surface area contributed by atoms with Gasteiger partial charge in [-0.15, -0.1) is 5.10 Å². The Balaban J connectivity index is 1.62. The molecule has 9 nitrogen and oxygen atoms in total. The minimum atomic E-state index is -1.31. The van der Waals surface area contributed by atoms with Crippen molar-refractivity contribution in [2.75, 3.05) is 0 Å². The Morgan fingerprint density at radius 1 is 1.00 bits per heavy atom. The predicted octanol–water partition coefficient (Wildman–Crippen LogP) is 2.71. The Hall–Kier alpha value is -4.14. The Bertz CT molecular complexity index is 1170. The summed E-state index contributed by atoms with van der Waals surface area (Å²) in [5.41, 5.74) is 2.75. The maximum absolute atomic E-state index is 12.9. The zero-order valence-corrected chi connectivity index (χ0v) is 16.3. The Labute approximate surface area is 171 Å². The summed E-state index contributed by atoms with van der Waals surface area (Å²) >= 11 is 0. The van der Waals surface area contributed by atoms with Crippen LogP contribution in [0, 0.1) is 13.8 Å². The van der Waals surface area contributed by atoms with E-state index >= 15 is 0 Å². The maximum Gasteiger partial charge on any atom is 0.363 e. The zero-order valence-electron chi connectivity index (χ0n) is 16.3. The summed E-state index contributed by atoms with van der Waals surface area (Å²) in [6, 6.07) is 16.2. The van der Waals surface area contributed by atoms with Crippen molar-refractivity contribution in [1.82, 2.24) is 29.8 Å². The van der Waals surface area contributed by atoms with Crippen LogP contribution in [0.3, 0.4) is 0 Å². The highest BCUT2D eigenvalue weighted by Gasteiger charge is 2.29. The average molecular weight is 402 g/mol. The van der Waals surface area contributed by atoms with Crippen LogP contribution in [0.5, 0.6) is 0 Å². The second-order valence-corrected chi connectivity index (χ2v) is 6.63. The first-order chi connectivity index (χ1) is 14.5. The van der Waals surface area contributed by atoms with Gasteiger partial charge < -0.3 is 4.74 Å². The lowest BCUT2D eigenvalue weighted by Gasteiger charge is -2.16. The molecular formula is C21H18N6O3. The third-order valence-corrected chi connectivity index (χ3v) is 4.54. The van der Waals surface area contributed by atoms with Gasteiger partial charge in [-0.1, -0.05) is 53.2 Å². The van der Waals surface area contributed by atoms with Crippen LogP contribution in [0.25, 0.3) is 5.69 Å². The van der Waals surface area contributed by atoms with Gasteiger partial charge in [0.05, 0.1) is 11.4 Å². The summed E-state index contributed by atoms with van der Waals surface area (Å²) in [4.78, 5) is 29.6. The van der Waals surface area contributed by atoms with Crippen molar-refractivity contribution in [3.05, 3.63) is 89.8 Å². The molecule has 2 aromatic carbocycles. The van der Waals surface area contributed by atoms with Crippen LogP contribution in [0.1, 0.15) is 38.3 Å². The Kier molecular flexibility index (Phi) is 5.17. The summed E-state index contributed by atoms with van der Waals surface area (Å²) in [7, 11) is 0. The van der Waals surface area contributed by atoms with Crippen molar-refractivity contribution in [3.63, 3.8) is 0 Å². The van der Waals surface area contributed by atoms with E-state index in [1.807, 2.05) is 31.2 Å². The summed E-state index contributed by atoms with van der Waals surface area (Å²) in [6.45, 7) is 3.69. The van der Waals surface area contributed by atoms with Crippen LogP contribution in [-0.2, 0) is 4.74 Å². The van der Waals surface area contributed by atoms with E-state index in [4.69, 9.17) is 4.74 Å². The normalized spacial score (nSPS) is 11.8. The number of hydrogen-bond donors (Lipinski definition) is 0. The maximum atomic E-state index is 12.9. The smallest absolute Gasteiger partial charge is 0.363 e. The van der Waals surface area contributed by atoms with Gasteiger partial charge in [-0.05, 0) is 26.0 Å². The van der Waals surface area contributed by atoms with Gasteiger partial charge in [-0.2, -0.15) is 5.10 Å². The molecule has 0 aliphatic heterocycles. The standard InChI is InChI=1S/C21H18N6O3/c1-14-8-10-17(11-9-14)27-15(2)18(24-25-27)21(29)30-20(26-13-22-12-23-26)19(28)16-6-4-3-5-7-16/h3-13,20H,1-2H3. The van der Waals surface area contributed by atoms with Crippen molar-refractivity contribution in [3.8, 4) is 5.69 Å². The first-order valence-electron chi connectivity index (χ1n) is 9.18. The molecule has 4 aromatic rings. The van der Waals surface area contributed by atoms with Gasteiger partial charge >= 0.3 is 5.97 Å². The van der Waals surface area contributed by atoms with Gasteiger partial charge in [-0.25, -0.2) is 19.1 Å². The first kappa shape index (κ1) is 19.2. The van der Waals surface area contributed by atoms with E-state index in [0.29, 0.717) is 11.3 Å². The number of esters is 1. The lowest BCUT2D eigenvalue weighted by Crippen LogP contribution is -2.26. The molecule has 9 heteroatoms. The van der Waals surface area contributed by atoms with Gasteiger partial charge in [-0.3, -0.25) is 4.79 Å². The molecule has 0 radical (unpaired) electrons. The van der Waals surface area contributed by atoms with Crippen molar-refractivity contribution < 1.29 is 14.3 Å². The Morgan fingerprint density at radius 3 is 2.40 bits per heavy atom. The topological polar surface area (TPSA) is 105 Å². The number of nitrogens with zero attached hydrogens (tertiary/aromatic N) is 6. The van der Waals surface area contributed by atoms with Crippen molar-refractivity contribution in [2.45, 2.75) is 20.1 Å². The summed E-state index contributed by atoms with van der Waals surface area (Å²) in [5, 5.41) is 12.0. The second kappa shape index (κ2) is 8.08. The van der Waals surface area contributed by atoms with E-state index < -0.39 is 18.0 Å². The molecule has 0 saturated heterocycles.